The van der Waals surface area contributed by atoms with Crippen LogP contribution in [0.1, 0.15) is 124 Å². The van der Waals surface area contributed by atoms with E-state index in [4.69, 9.17) is 32.1 Å². The molecule has 0 saturated heterocycles. The van der Waals surface area contributed by atoms with Crippen molar-refractivity contribution in [2.75, 3.05) is 26.3 Å². The minimum Gasteiger partial charge on any atom is -0.481 e. The highest BCUT2D eigenvalue weighted by Gasteiger charge is 2.22. The number of hydrogen-bond acceptors (Lipinski definition) is 7. The third kappa shape index (κ3) is 27.6. The normalized spacial score (nSPS) is 21.0. The van der Waals surface area contributed by atoms with Gasteiger partial charge in [-0.3, -0.25) is 9.59 Å². The van der Waals surface area contributed by atoms with E-state index >= 15 is 0 Å². The van der Waals surface area contributed by atoms with Gasteiger partial charge in [-0.1, -0.05) is 37.9 Å². The number of carboxylic acid groups (broad SMARTS) is 1. The number of aliphatic carboxylic acids is 1. The molecule has 0 aromatic rings. The summed E-state index contributed by atoms with van der Waals surface area (Å²) in [5.74, 6) is 1.53. The summed E-state index contributed by atoms with van der Waals surface area (Å²) in [7, 11) is 0. The fraction of sp³-hybridized carbons (Fsp3) is 0.931. The summed E-state index contributed by atoms with van der Waals surface area (Å²) >= 11 is 0. The lowest BCUT2D eigenvalue weighted by molar-refractivity contribution is -0.137. The number of ketones is 1. The van der Waals surface area contributed by atoms with Crippen LogP contribution in [-0.4, -0.2) is 59.4 Å². The van der Waals surface area contributed by atoms with Crippen molar-refractivity contribution >= 4 is 11.8 Å². The molecule has 0 aliphatic heterocycles. The number of nitrogens with zero attached hydrogens (tertiary/aromatic N) is 6. The van der Waals surface area contributed by atoms with Crippen molar-refractivity contribution in [2.24, 2.45) is 33.7 Å². The van der Waals surface area contributed by atoms with Crippen LogP contribution in [0.4, 0.5) is 0 Å². The van der Waals surface area contributed by atoms with Crippen molar-refractivity contribution in [2.45, 2.75) is 130 Å². The maximum atomic E-state index is 11.8. The van der Waals surface area contributed by atoms with E-state index in [2.05, 4.69) is 20.1 Å². The van der Waals surface area contributed by atoms with Gasteiger partial charge in [0.15, 0.2) is 0 Å². The number of carboxylic acids is 1. The van der Waals surface area contributed by atoms with Gasteiger partial charge in [0.25, 0.3) is 0 Å². The van der Waals surface area contributed by atoms with Crippen LogP contribution in [0, 0.1) is 17.8 Å². The standard InChI is InChI=1S/C14H25N3O2.C8H17NO.C5H9N3O2.2CH4/c15-17-16-9-2-1-3-14(19)11-13-6-4-12(5-7-13)8-10-18;9-8-3-1-7(2-4-8)5-6-10;6-8-7-4-2-1-3-5(9)10;;/h12-13,18H,1-11H2;7-8,10H,1-6,9H2;1-4H2,(H,9,10);2*1H4. The van der Waals surface area contributed by atoms with Gasteiger partial charge in [-0.25, -0.2) is 0 Å². The van der Waals surface area contributed by atoms with E-state index in [9.17, 15) is 9.59 Å². The minimum atomic E-state index is -0.805. The number of carbonyl (C=O) groups excluding carboxylic acids is 1. The Morgan fingerprint density at radius 2 is 1.12 bits per heavy atom. The third-order valence-electron chi connectivity index (χ3n) is 7.44. The van der Waals surface area contributed by atoms with Gasteiger partial charge in [0.05, 0.1) is 0 Å². The van der Waals surface area contributed by atoms with E-state index in [1.165, 1.54) is 12.8 Å². The molecule has 0 unspecified atom stereocenters. The summed E-state index contributed by atoms with van der Waals surface area (Å²) in [6.07, 6.45) is 15.6. The van der Waals surface area contributed by atoms with Gasteiger partial charge in [0.2, 0.25) is 0 Å². The zero-order valence-electron chi connectivity index (χ0n) is 23.6. The Morgan fingerprint density at radius 3 is 1.54 bits per heavy atom. The van der Waals surface area contributed by atoms with Crippen molar-refractivity contribution in [1.82, 2.24) is 0 Å². The molecule has 0 heterocycles. The second-order valence-electron chi connectivity index (χ2n) is 10.7. The molecule has 0 bridgehead atoms. The molecule has 2 aliphatic carbocycles. The van der Waals surface area contributed by atoms with Gasteiger partial charge in [-0.15, -0.1) is 0 Å². The lowest BCUT2D eigenvalue weighted by Crippen LogP contribution is -2.26. The topological polar surface area (TPSA) is 218 Å². The highest BCUT2D eigenvalue weighted by molar-refractivity contribution is 5.78. The lowest BCUT2D eigenvalue weighted by Gasteiger charge is -2.27. The van der Waals surface area contributed by atoms with Crippen molar-refractivity contribution in [3.63, 3.8) is 0 Å². The maximum Gasteiger partial charge on any atom is 0.303 e. The number of aliphatic hydroxyl groups is 2. The molecule has 0 aromatic carbocycles. The molecule has 2 aliphatic rings. The van der Waals surface area contributed by atoms with E-state index in [0.29, 0.717) is 75.6 Å². The van der Waals surface area contributed by atoms with Crippen molar-refractivity contribution < 1.29 is 24.9 Å². The summed E-state index contributed by atoms with van der Waals surface area (Å²) in [6.45, 7) is 1.53. The first-order valence-corrected chi connectivity index (χ1v) is 14.6. The van der Waals surface area contributed by atoms with Crippen LogP contribution in [0.2, 0.25) is 0 Å². The predicted molar refractivity (Wildman–Crippen MR) is 165 cm³/mol. The molecule has 2 rings (SSSR count). The molecular formula is C29H59N7O5. The molecule has 2 saturated carbocycles. The molecule has 0 spiro atoms. The number of azide groups is 2. The van der Waals surface area contributed by atoms with Gasteiger partial charge in [0.1, 0.15) is 5.78 Å². The Bertz CT molecular complexity index is 723. The van der Waals surface area contributed by atoms with Crippen LogP contribution in [0.5, 0.6) is 0 Å². The molecule has 2 fully saturated rings. The predicted octanol–water partition coefficient (Wildman–Crippen LogP) is 7.33. The fourth-order valence-corrected chi connectivity index (χ4v) is 5.04. The van der Waals surface area contributed by atoms with E-state index in [-0.39, 0.29) is 21.3 Å². The monoisotopic (exact) mass is 585 g/mol. The highest BCUT2D eigenvalue weighted by atomic mass is 16.4. The Hall–Kier alpha value is -2.36. The van der Waals surface area contributed by atoms with Crippen LogP contribution in [-0.2, 0) is 9.59 Å². The van der Waals surface area contributed by atoms with Gasteiger partial charge in [0, 0.05) is 61.4 Å². The van der Waals surface area contributed by atoms with Crippen molar-refractivity contribution in [3.8, 4) is 0 Å². The molecule has 12 heteroatoms. The molecule has 12 nitrogen and oxygen atoms in total. The van der Waals surface area contributed by atoms with E-state index in [1.807, 2.05) is 0 Å². The summed E-state index contributed by atoms with van der Waals surface area (Å²) in [4.78, 5) is 27.0. The number of aliphatic hydroxyl groups excluding tert-OH is 2. The zero-order chi connectivity index (χ0) is 29.1. The maximum absolute atomic E-state index is 11.8. The Labute approximate surface area is 247 Å². The highest BCUT2D eigenvalue weighted by Crippen LogP contribution is 2.32. The Kier molecular flexibility index (Phi) is 32.2. The molecular weight excluding hydrogens is 526 g/mol. The number of unbranched alkanes of at least 4 members (excludes halogenated alkanes) is 2. The van der Waals surface area contributed by atoms with Crippen LogP contribution in [0.25, 0.3) is 20.9 Å². The number of Topliss-reactive ketones (excluding diaryl/α,β-unsaturated/α-hetero) is 1. The molecule has 41 heavy (non-hydrogen) atoms. The molecule has 5 N–H and O–H groups in total. The fourth-order valence-electron chi connectivity index (χ4n) is 5.04. The van der Waals surface area contributed by atoms with Crippen LogP contribution < -0.4 is 5.73 Å². The number of carbonyl (C=O) groups is 2. The second-order valence-corrected chi connectivity index (χ2v) is 10.7. The SMILES string of the molecule is C.C.NC1CCC(CCO)CC1.[N-]=[N+]=NCCCCC(=O)CC1CCC(CCO)CC1.[N-]=[N+]=NCCCCC(=O)O. The number of hydrogen-bond donors (Lipinski definition) is 4. The van der Waals surface area contributed by atoms with Crippen molar-refractivity contribution in [1.29, 1.82) is 0 Å². The average molecular weight is 586 g/mol. The van der Waals surface area contributed by atoms with E-state index in [1.54, 1.807) is 0 Å². The minimum absolute atomic E-state index is 0. The van der Waals surface area contributed by atoms with Gasteiger partial charge in [-0.2, -0.15) is 0 Å². The van der Waals surface area contributed by atoms with Gasteiger partial charge >= 0.3 is 5.97 Å². The second kappa shape index (κ2) is 30.6. The third-order valence-corrected chi connectivity index (χ3v) is 7.44. The lowest BCUT2D eigenvalue weighted by atomic mass is 9.78. The zero-order valence-corrected chi connectivity index (χ0v) is 23.6. The number of nitrogens with two attached hydrogens (primary N) is 1. The summed E-state index contributed by atoms with van der Waals surface area (Å²) in [5, 5.41) is 32.4. The van der Waals surface area contributed by atoms with Crippen LogP contribution in [0.3, 0.4) is 0 Å². The smallest absolute Gasteiger partial charge is 0.303 e. The van der Waals surface area contributed by atoms with E-state index in [0.717, 1.165) is 70.1 Å². The Morgan fingerprint density at radius 1 is 0.707 bits per heavy atom. The quantitative estimate of drug-likeness (QED) is 0.0628. The first-order chi connectivity index (χ1) is 18.9. The first-order valence-electron chi connectivity index (χ1n) is 14.6. The Balaban J connectivity index is -0.000000561. The molecule has 0 amide bonds. The summed E-state index contributed by atoms with van der Waals surface area (Å²) in [5.41, 5.74) is 21.7. The summed E-state index contributed by atoms with van der Waals surface area (Å²) in [6, 6.07) is 0.440. The van der Waals surface area contributed by atoms with Gasteiger partial charge in [-0.05, 0) is 106 Å². The largest absolute Gasteiger partial charge is 0.481 e. The molecule has 0 atom stereocenters. The van der Waals surface area contributed by atoms with Crippen LogP contribution >= 0.6 is 0 Å². The molecule has 240 valence electrons. The van der Waals surface area contributed by atoms with Crippen LogP contribution in [0.15, 0.2) is 10.2 Å². The molecule has 0 radical (unpaired) electrons. The van der Waals surface area contributed by atoms with Crippen molar-refractivity contribution in [3.05, 3.63) is 20.9 Å². The first kappa shape index (κ1) is 43.1. The number of rotatable bonds is 16. The average Bonchev–Trinajstić information content (AvgIpc) is 2.92. The summed E-state index contributed by atoms with van der Waals surface area (Å²) < 4.78 is 0. The van der Waals surface area contributed by atoms with Gasteiger partial charge < -0.3 is 21.1 Å². The van der Waals surface area contributed by atoms with E-state index < -0.39 is 5.97 Å². The molecule has 0 aromatic heterocycles.